The van der Waals surface area contributed by atoms with Gasteiger partial charge in [0.05, 0.1) is 4.92 Å². The van der Waals surface area contributed by atoms with E-state index in [0.29, 0.717) is 5.56 Å². The van der Waals surface area contributed by atoms with E-state index >= 15 is 0 Å². The third-order valence-electron chi connectivity index (χ3n) is 2.70. The van der Waals surface area contributed by atoms with Gasteiger partial charge in [-0.15, -0.1) is 0 Å². The van der Waals surface area contributed by atoms with Gasteiger partial charge in [0, 0.05) is 18.2 Å². The fraction of sp³-hybridized carbons (Fsp3) is 0. The lowest BCUT2D eigenvalue weighted by Crippen LogP contribution is -1.88. The highest BCUT2D eigenvalue weighted by Crippen LogP contribution is 2.24. The van der Waals surface area contributed by atoms with Crippen LogP contribution in [0.1, 0.15) is 5.56 Å². The van der Waals surface area contributed by atoms with Crippen molar-refractivity contribution in [1.82, 2.24) is 0 Å². The van der Waals surface area contributed by atoms with Gasteiger partial charge in [0.2, 0.25) is 0 Å². The van der Waals surface area contributed by atoms with Gasteiger partial charge in [-0.1, -0.05) is 30.3 Å². The molecule has 0 heterocycles. The number of aliphatic carboxylic acids is 1. The van der Waals surface area contributed by atoms with E-state index in [1.54, 1.807) is 30.3 Å². The molecule has 0 saturated carbocycles. The Morgan fingerprint density at radius 2 is 1.75 bits per heavy atom. The largest absolute Gasteiger partial charge is 0.478 e. The summed E-state index contributed by atoms with van der Waals surface area (Å²) in [5.74, 6) is -1.02. The number of carboxylic acids is 1. The molecular formula is C15H11NO4. The number of benzene rings is 2. The molecule has 5 nitrogen and oxygen atoms in total. The van der Waals surface area contributed by atoms with Crippen LogP contribution in [-0.2, 0) is 4.79 Å². The minimum absolute atomic E-state index is 0.0222. The predicted molar refractivity (Wildman–Crippen MR) is 75.2 cm³/mol. The van der Waals surface area contributed by atoms with Crippen LogP contribution in [-0.4, -0.2) is 16.0 Å². The number of nitro benzene ring substituents is 1. The zero-order valence-electron chi connectivity index (χ0n) is 10.4. The fourth-order valence-electron chi connectivity index (χ4n) is 1.79. The molecule has 0 bridgehead atoms. The van der Waals surface area contributed by atoms with Crippen LogP contribution in [0.4, 0.5) is 5.69 Å². The van der Waals surface area contributed by atoms with E-state index in [-0.39, 0.29) is 5.69 Å². The van der Waals surface area contributed by atoms with Gasteiger partial charge in [0.1, 0.15) is 0 Å². The highest BCUT2D eigenvalue weighted by molar-refractivity contribution is 5.85. The standard InChI is InChI=1S/C15H11NO4/c17-15(18)8-7-11-3-1-4-12(9-11)13-5-2-6-14(10-13)16(19)20/h1-10H,(H,17,18)/b8-7-. The average Bonchev–Trinajstić information content (AvgIpc) is 2.45. The van der Waals surface area contributed by atoms with Crippen LogP contribution in [0.2, 0.25) is 0 Å². The van der Waals surface area contributed by atoms with Gasteiger partial charge in [-0.05, 0) is 28.8 Å². The molecule has 0 radical (unpaired) electrons. The molecule has 20 heavy (non-hydrogen) atoms. The number of nitrogens with zero attached hydrogens (tertiary/aromatic N) is 1. The highest BCUT2D eigenvalue weighted by atomic mass is 16.6. The van der Waals surface area contributed by atoms with E-state index in [0.717, 1.165) is 17.2 Å². The van der Waals surface area contributed by atoms with E-state index in [1.807, 2.05) is 6.07 Å². The molecule has 0 aliphatic rings. The first kappa shape index (κ1) is 13.5. The second-order valence-corrected chi connectivity index (χ2v) is 4.10. The van der Waals surface area contributed by atoms with Crippen molar-refractivity contribution in [2.45, 2.75) is 0 Å². The molecule has 1 N–H and O–H groups in total. The molecule has 0 fully saturated rings. The summed E-state index contributed by atoms with van der Waals surface area (Å²) in [6.45, 7) is 0. The van der Waals surface area contributed by atoms with E-state index in [9.17, 15) is 14.9 Å². The first-order chi connectivity index (χ1) is 9.56. The van der Waals surface area contributed by atoms with Gasteiger partial charge in [0.25, 0.3) is 5.69 Å². The summed E-state index contributed by atoms with van der Waals surface area (Å²) in [4.78, 5) is 20.8. The van der Waals surface area contributed by atoms with Crippen molar-refractivity contribution in [1.29, 1.82) is 0 Å². The maximum Gasteiger partial charge on any atom is 0.328 e. The third kappa shape index (κ3) is 3.29. The summed E-state index contributed by atoms with van der Waals surface area (Å²) in [6, 6.07) is 13.4. The smallest absolute Gasteiger partial charge is 0.328 e. The van der Waals surface area contributed by atoms with Gasteiger partial charge in [-0.25, -0.2) is 4.79 Å². The molecule has 0 aromatic heterocycles. The molecule has 0 unspecified atom stereocenters. The maximum atomic E-state index is 10.8. The SMILES string of the molecule is O=C(O)/C=C\c1cccc(-c2cccc([N+](=O)[O-])c2)c1. The van der Waals surface area contributed by atoms with Crippen molar-refractivity contribution in [2.75, 3.05) is 0 Å². The van der Waals surface area contributed by atoms with Crippen molar-refractivity contribution >= 4 is 17.7 Å². The van der Waals surface area contributed by atoms with Crippen molar-refractivity contribution < 1.29 is 14.8 Å². The summed E-state index contributed by atoms with van der Waals surface area (Å²) >= 11 is 0. The number of nitro groups is 1. The number of carboxylic acid groups (broad SMARTS) is 1. The lowest BCUT2D eigenvalue weighted by atomic mass is 10.0. The Balaban J connectivity index is 2.38. The van der Waals surface area contributed by atoms with E-state index < -0.39 is 10.9 Å². The van der Waals surface area contributed by atoms with Crippen LogP contribution in [0, 0.1) is 10.1 Å². The molecule has 100 valence electrons. The van der Waals surface area contributed by atoms with Crippen LogP contribution in [0.25, 0.3) is 17.2 Å². The lowest BCUT2D eigenvalue weighted by Gasteiger charge is -2.03. The van der Waals surface area contributed by atoms with Crippen molar-refractivity contribution in [3.63, 3.8) is 0 Å². The summed E-state index contributed by atoms with van der Waals surface area (Å²) in [5, 5.41) is 19.4. The van der Waals surface area contributed by atoms with Gasteiger partial charge in [0.15, 0.2) is 0 Å². The Kier molecular flexibility index (Phi) is 3.91. The zero-order valence-corrected chi connectivity index (χ0v) is 10.4. The second kappa shape index (κ2) is 5.79. The molecule has 0 aliphatic heterocycles. The van der Waals surface area contributed by atoms with Gasteiger partial charge in [-0.2, -0.15) is 0 Å². The molecule has 2 aromatic rings. The van der Waals surface area contributed by atoms with Crippen LogP contribution in [0.15, 0.2) is 54.6 Å². The summed E-state index contributed by atoms with van der Waals surface area (Å²) in [5.41, 5.74) is 2.25. The molecule has 0 aliphatic carbocycles. The second-order valence-electron chi connectivity index (χ2n) is 4.10. The van der Waals surface area contributed by atoms with Crippen molar-refractivity contribution in [3.05, 3.63) is 70.3 Å². The molecule has 2 aromatic carbocycles. The van der Waals surface area contributed by atoms with E-state index in [1.165, 1.54) is 18.2 Å². The third-order valence-corrected chi connectivity index (χ3v) is 2.70. The lowest BCUT2D eigenvalue weighted by molar-refractivity contribution is -0.384. The molecule has 2 rings (SSSR count). The fourth-order valence-corrected chi connectivity index (χ4v) is 1.79. The minimum Gasteiger partial charge on any atom is -0.478 e. The van der Waals surface area contributed by atoms with Crippen LogP contribution in [0.3, 0.4) is 0 Å². The Hall–Kier alpha value is -2.95. The summed E-state index contributed by atoms with van der Waals surface area (Å²) < 4.78 is 0. The Morgan fingerprint density at radius 3 is 2.40 bits per heavy atom. The monoisotopic (exact) mass is 269 g/mol. The molecule has 5 heteroatoms. The number of non-ortho nitro benzene ring substituents is 1. The van der Waals surface area contributed by atoms with Crippen LogP contribution in [0.5, 0.6) is 0 Å². The van der Waals surface area contributed by atoms with E-state index in [2.05, 4.69) is 0 Å². The first-order valence-corrected chi connectivity index (χ1v) is 5.82. The number of rotatable bonds is 4. The maximum absolute atomic E-state index is 10.8. The molecule has 0 spiro atoms. The normalized spacial score (nSPS) is 10.6. The average molecular weight is 269 g/mol. The van der Waals surface area contributed by atoms with Gasteiger partial charge in [-0.3, -0.25) is 10.1 Å². The minimum atomic E-state index is -1.02. The summed E-state index contributed by atoms with van der Waals surface area (Å²) in [6.07, 6.45) is 2.52. The molecule has 0 saturated heterocycles. The van der Waals surface area contributed by atoms with Crippen LogP contribution < -0.4 is 0 Å². The Labute approximate surface area is 115 Å². The predicted octanol–water partition coefficient (Wildman–Crippen LogP) is 3.36. The van der Waals surface area contributed by atoms with Crippen molar-refractivity contribution in [2.24, 2.45) is 0 Å². The molecule has 0 amide bonds. The highest BCUT2D eigenvalue weighted by Gasteiger charge is 2.07. The molecular weight excluding hydrogens is 258 g/mol. The summed E-state index contributed by atoms with van der Waals surface area (Å²) in [7, 11) is 0. The van der Waals surface area contributed by atoms with Crippen molar-refractivity contribution in [3.8, 4) is 11.1 Å². The Bertz CT molecular complexity index is 692. The quantitative estimate of drug-likeness (QED) is 0.524. The first-order valence-electron chi connectivity index (χ1n) is 5.82. The van der Waals surface area contributed by atoms with Crippen LogP contribution >= 0.6 is 0 Å². The van der Waals surface area contributed by atoms with Gasteiger partial charge >= 0.3 is 5.97 Å². The van der Waals surface area contributed by atoms with Gasteiger partial charge < -0.3 is 5.11 Å². The number of carbonyl (C=O) groups is 1. The number of hydrogen-bond donors (Lipinski definition) is 1. The zero-order chi connectivity index (χ0) is 14.5. The topological polar surface area (TPSA) is 80.4 Å². The van der Waals surface area contributed by atoms with E-state index in [4.69, 9.17) is 5.11 Å². The number of hydrogen-bond acceptors (Lipinski definition) is 3. The molecule has 0 atom stereocenters. The Morgan fingerprint density at radius 1 is 1.10 bits per heavy atom.